The zero-order chi connectivity index (χ0) is 13.3. The third-order valence-electron chi connectivity index (χ3n) is 2.68. The highest BCUT2D eigenvalue weighted by molar-refractivity contribution is 6.31. The Morgan fingerprint density at radius 2 is 1.94 bits per heavy atom. The van der Waals surface area contributed by atoms with Gasteiger partial charge in [-0.2, -0.15) is 0 Å². The number of carbonyl (C=O) groups is 1. The number of aryl methyl sites for hydroxylation is 1. The van der Waals surface area contributed by atoms with Crippen molar-refractivity contribution in [1.29, 1.82) is 0 Å². The standard InChI is InChI=1S/C14H11ClFNO/c1-8-6-9(2-5-12(8)16)14(18)11-4-3-10(15)7-13(11)17/h2-7H,17H2,1H3. The highest BCUT2D eigenvalue weighted by Gasteiger charge is 2.13. The molecule has 2 aromatic rings. The first-order valence-electron chi connectivity index (χ1n) is 5.35. The molecule has 92 valence electrons. The van der Waals surface area contributed by atoms with Crippen LogP contribution in [0.1, 0.15) is 21.5 Å². The third kappa shape index (κ3) is 2.36. The van der Waals surface area contributed by atoms with Crippen LogP contribution in [0.4, 0.5) is 10.1 Å². The van der Waals surface area contributed by atoms with Gasteiger partial charge in [-0.1, -0.05) is 11.6 Å². The van der Waals surface area contributed by atoms with Gasteiger partial charge in [-0.15, -0.1) is 0 Å². The van der Waals surface area contributed by atoms with Crippen molar-refractivity contribution in [3.63, 3.8) is 0 Å². The number of halogens is 2. The van der Waals surface area contributed by atoms with E-state index < -0.39 is 0 Å². The number of hydrogen-bond acceptors (Lipinski definition) is 2. The van der Waals surface area contributed by atoms with Gasteiger partial charge in [-0.05, 0) is 48.9 Å². The summed E-state index contributed by atoms with van der Waals surface area (Å²) in [6.45, 7) is 1.61. The first-order chi connectivity index (χ1) is 8.49. The molecule has 2 nitrogen and oxygen atoms in total. The lowest BCUT2D eigenvalue weighted by atomic mass is 10.0. The lowest BCUT2D eigenvalue weighted by molar-refractivity contribution is 0.103. The van der Waals surface area contributed by atoms with Gasteiger partial charge in [0.05, 0.1) is 0 Å². The molecule has 0 unspecified atom stereocenters. The van der Waals surface area contributed by atoms with E-state index in [0.29, 0.717) is 27.4 Å². The summed E-state index contributed by atoms with van der Waals surface area (Å²) in [4.78, 5) is 12.2. The highest BCUT2D eigenvalue weighted by Crippen LogP contribution is 2.21. The van der Waals surface area contributed by atoms with Crippen molar-refractivity contribution in [2.24, 2.45) is 0 Å². The van der Waals surface area contributed by atoms with Gasteiger partial charge in [0.1, 0.15) is 5.82 Å². The van der Waals surface area contributed by atoms with Crippen LogP contribution in [0.25, 0.3) is 0 Å². The van der Waals surface area contributed by atoms with Gasteiger partial charge in [-0.3, -0.25) is 4.79 Å². The fraction of sp³-hybridized carbons (Fsp3) is 0.0714. The summed E-state index contributed by atoms with van der Waals surface area (Å²) in [6, 6.07) is 8.91. The number of carbonyl (C=O) groups excluding carboxylic acids is 1. The quantitative estimate of drug-likeness (QED) is 0.664. The van der Waals surface area contributed by atoms with E-state index in [0.717, 1.165) is 0 Å². The highest BCUT2D eigenvalue weighted by atomic mass is 35.5. The van der Waals surface area contributed by atoms with Gasteiger partial charge >= 0.3 is 0 Å². The summed E-state index contributed by atoms with van der Waals surface area (Å²) in [6.07, 6.45) is 0. The lowest BCUT2D eigenvalue weighted by Gasteiger charge is -2.06. The fourth-order valence-electron chi connectivity index (χ4n) is 1.68. The number of ketones is 1. The largest absolute Gasteiger partial charge is 0.398 e. The van der Waals surface area contributed by atoms with E-state index in [-0.39, 0.29) is 11.6 Å². The second-order valence-corrected chi connectivity index (χ2v) is 4.46. The zero-order valence-corrected chi connectivity index (χ0v) is 10.5. The predicted molar refractivity (Wildman–Crippen MR) is 70.4 cm³/mol. The van der Waals surface area contributed by atoms with Crippen LogP contribution in [-0.2, 0) is 0 Å². The minimum Gasteiger partial charge on any atom is -0.398 e. The maximum atomic E-state index is 13.1. The molecule has 0 aromatic heterocycles. The lowest BCUT2D eigenvalue weighted by Crippen LogP contribution is -2.06. The SMILES string of the molecule is Cc1cc(C(=O)c2ccc(Cl)cc2N)ccc1F. The van der Waals surface area contributed by atoms with Gasteiger partial charge in [0, 0.05) is 21.8 Å². The van der Waals surface area contributed by atoms with Gasteiger partial charge in [0.15, 0.2) is 5.78 Å². The van der Waals surface area contributed by atoms with E-state index in [4.69, 9.17) is 17.3 Å². The molecule has 4 heteroatoms. The Hall–Kier alpha value is -1.87. The Morgan fingerprint density at radius 3 is 2.56 bits per heavy atom. The number of benzene rings is 2. The molecule has 2 aromatic carbocycles. The minimum atomic E-state index is -0.337. The van der Waals surface area contributed by atoms with Crippen LogP contribution >= 0.6 is 11.6 Å². The monoisotopic (exact) mass is 263 g/mol. The molecule has 0 spiro atoms. The van der Waals surface area contributed by atoms with Gasteiger partial charge in [-0.25, -0.2) is 4.39 Å². The Bertz CT molecular complexity index is 625. The molecular weight excluding hydrogens is 253 g/mol. The van der Waals surface area contributed by atoms with Crippen molar-refractivity contribution in [2.75, 3.05) is 5.73 Å². The predicted octanol–water partition coefficient (Wildman–Crippen LogP) is 3.60. The van der Waals surface area contributed by atoms with Crippen LogP contribution in [0.15, 0.2) is 36.4 Å². The molecular formula is C14H11ClFNO. The number of hydrogen-bond donors (Lipinski definition) is 1. The molecule has 0 amide bonds. The third-order valence-corrected chi connectivity index (χ3v) is 2.91. The molecule has 0 aliphatic rings. The Morgan fingerprint density at radius 1 is 1.22 bits per heavy atom. The van der Waals surface area contributed by atoms with Crippen LogP contribution in [0, 0.1) is 12.7 Å². The van der Waals surface area contributed by atoms with Crippen molar-refractivity contribution in [1.82, 2.24) is 0 Å². The van der Waals surface area contributed by atoms with Crippen LogP contribution in [-0.4, -0.2) is 5.78 Å². The van der Waals surface area contributed by atoms with E-state index in [2.05, 4.69) is 0 Å². The molecule has 0 aliphatic heterocycles. The summed E-state index contributed by atoms with van der Waals surface area (Å²) < 4.78 is 13.1. The Kier molecular flexibility index (Phi) is 3.34. The number of anilines is 1. The topological polar surface area (TPSA) is 43.1 Å². The Labute approximate surface area is 109 Å². The molecule has 2 rings (SSSR count). The molecule has 0 radical (unpaired) electrons. The minimum absolute atomic E-state index is 0.243. The van der Waals surface area contributed by atoms with Crippen molar-refractivity contribution in [2.45, 2.75) is 6.92 Å². The second-order valence-electron chi connectivity index (χ2n) is 4.02. The summed E-state index contributed by atoms with van der Waals surface area (Å²) >= 11 is 5.77. The first kappa shape index (κ1) is 12.6. The van der Waals surface area contributed by atoms with E-state index >= 15 is 0 Å². The van der Waals surface area contributed by atoms with E-state index in [1.807, 2.05) is 0 Å². The van der Waals surface area contributed by atoms with Gasteiger partial charge < -0.3 is 5.73 Å². The average molecular weight is 264 g/mol. The maximum absolute atomic E-state index is 13.1. The van der Waals surface area contributed by atoms with E-state index in [9.17, 15) is 9.18 Å². The van der Waals surface area contributed by atoms with Gasteiger partial charge in [0.25, 0.3) is 0 Å². The van der Waals surface area contributed by atoms with Crippen LogP contribution in [0.2, 0.25) is 5.02 Å². The molecule has 18 heavy (non-hydrogen) atoms. The first-order valence-corrected chi connectivity index (χ1v) is 5.72. The molecule has 0 saturated heterocycles. The van der Waals surface area contributed by atoms with E-state index in [1.165, 1.54) is 24.3 Å². The van der Waals surface area contributed by atoms with Crippen molar-refractivity contribution < 1.29 is 9.18 Å². The van der Waals surface area contributed by atoms with Crippen molar-refractivity contribution in [3.8, 4) is 0 Å². The van der Waals surface area contributed by atoms with Crippen LogP contribution in [0.3, 0.4) is 0 Å². The second kappa shape index (κ2) is 4.78. The molecule has 2 N–H and O–H groups in total. The summed E-state index contributed by atoms with van der Waals surface area (Å²) in [5.41, 5.74) is 7.26. The molecule has 0 bridgehead atoms. The summed E-state index contributed by atoms with van der Waals surface area (Å²) in [7, 11) is 0. The summed E-state index contributed by atoms with van der Waals surface area (Å²) in [5, 5.41) is 0.472. The average Bonchev–Trinajstić information content (AvgIpc) is 2.32. The summed E-state index contributed by atoms with van der Waals surface area (Å²) in [5.74, 6) is -0.581. The normalized spacial score (nSPS) is 10.4. The number of rotatable bonds is 2. The number of nitrogens with two attached hydrogens (primary N) is 1. The molecule has 0 aliphatic carbocycles. The van der Waals surface area contributed by atoms with Gasteiger partial charge in [0.2, 0.25) is 0 Å². The molecule has 0 fully saturated rings. The van der Waals surface area contributed by atoms with E-state index in [1.54, 1.807) is 19.1 Å². The molecule has 0 heterocycles. The Balaban J connectivity index is 2.44. The molecule has 0 atom stereocenters. The van der Waals surface area contributed by atoms with Crippen molar-refractivity contribution in [3.05, 3.63) is 63.9 Å². The zero-order valence-electron chi connectivity index (χ0n) is 9.71. The fourth-order valence-corrected chi connectivity index (χ4v) is 1.86. The maximum Gasteiger partial charge on any atom is 0.195 e. The van der Waals surface area contributed by atoms with Crippen LogP contribution in [0.5, 0.6) is 0 Å². The smallest absolute Gasteiger partial charge is 0.195 e. The van der Waals surface area contributed by atoms with Crippen LogP contribution < -0.4 is 5.73 Å². The number of nitrogen functional groups attached to an aromatic ring is 1. The van der Waals surface area contributed by atoms with Crippen molar-refractivity contribution >= 4 is 23.1 Å². The molecule has 0 saturated carbocycles.